The van der Waals surface area contributed by atoms with Crippen LogP contribution in [-0.4, -0.2) is 37.6 Å². The maximum Gasteiger partial charge on any atom is 0.0409 e. The number of benzene rings is 1. The van der Waals surface area contributed by atoms with E-state index < -0.39 is 0 Å². The number of nitrogens with one attached hydrogen (secondary N) is 1. The molecule has 1 saturated carbocycles. The van der Waals surface area contributed by atoms with Crippen LogP contribution in [0.15, 0.2) is 18.2 Å². The molecule has 3 aliphatic rings. The Morgan fingerprint density at radius 3 is 3.05 bits per heavy atom. The van der Waals surface area contributed by atoms with Gasteiger partial charge in [0.05, 0.1) is 0 Å². The smallest absolute Gasteiger partial charge is 0.0409 e. The molecule has 20 heavy (non-hydrogen) atoms. The maximum atomic E-state index is 6.19. The number of rotatable bonds is 4. The number of likely N-dealkylation sites (tertiary alicyclic amines) is 1. The second kappa shape index (κ2) is 4.72. The summed E-state index contributed by atoms with van der Waals surface area (Å²) >= 11 is 6.19. The van der Waals surface area contributed by atoms with Gasteiger partial charge in [0.1, 0.15) is 0 Å². The molecule has 0 radical (unpaired) electrons. The van der Waals surface area contributed by atoms with Crippen molar-refractivity contribution in [3.8, 4) is 0 Å². The highest BCUT2D eigenvalue weighted by Crippen LogP contribution is 2.57. The van der Waals surface area contributed by atoms with E-state index in [-0.39, 0.29) is 0 Å². The summed E-state index contributed by atoms with van der Waals surface area (Å²) in [5, 5.41) is 4.70. The normalized spacial score (nSPS) is 32.4. The van der Waals surface area contributed by atoms with Gasteiger partial charge in [0.2, 0.25) is 0 Å². The molecule has 1 saturated heterocycles. The first-order valence-electron chi connectivity index (χ1n) is 7.88. The fourth-order valence-corrected chi connectivity index (χ4v) is 4.51. The summed E-state index contributed by atoms with van der Waals surface area (Å²) in [5.41, 5.74) is 3.49. The Kier molecular flexibility index (Phi) is 3.10. The molecule has 2 fully saturated rings. The van der Waals surface area contributed by atoms with Crippen LogP contribution in [0, 0.1) is 5.92 Å². The van der Waals surface area contributed by atoms with E-state index >= 15 is 0 Å². The Morgan fingerprint density at radius 1 is 1.40 bits per heavy atom. The predicted octanol–water partition coefficient (Wildman–Crippen LogP) is 2.84. The lowest BCUT2D eigenvalue weighted by Crippen LogP contribution is -2.44. The molecule has 0 amide bonds. The zero-order chi connectivity index (χ0) is 13.7. The van der Waals surface area contributed by atoms with Crippen molar-refractivity contribution in [3.05, 3.63) is 34.3 Å². The summed E-state index contributed by atoms with van der Waals surface area (Å²) in [6.07, 6.45) is 5.19. The number of hydrogen-bond acceptors (Lipinski definition) is 2. The third kappa shape index (κ3) is 2.09. The topological polar surface area (TPSA) is 15.3 Å². The zero-order valence-corrected chi connectivity index (χ0v) is 12.9. The number of halogens is 1. The lowest BCUT2D eigenvalue weighted by Gasteiger charge is -2.36. The predicted molar refractivity (Wildman–Crippen MR) is 83.5 cm³/mol. The van der Waals surface area contributed by atoms with Gasteiger partial charge in [-0.1, -0.05) is 17.7 Å². The Morgan fingerprint density at radius 2 is 2.25 bits per heavy atom. The number of hydrogen-bond donors (Lipinski definition) is 1. The molecule has 2 nitrogen and oxygen atoms in total. The van der Waals surface area contributed by atoms with Crippen molar-refractivity contribution in [2.24, 2.45) is 5.92 Å². The average molecular weight is 291 g/mol. The van der Waals surface area contributed by atoms with Crippen molar-refractivity contribution < 1.29 is 0 Å². The highest BCUT2D eigenvalue weighted by Gasteiger charge is 2.57. The van der Waals surface area contributed by atoms with Crippen LogP contribution in [0.1, 0.15) is 30.4 Å². The second-order valence-corrected chi connectivity index (χ2v) is 7.48. The lowest BCUT2D eigenvalue weighted by molar-refractivity contribution is 0.126. The summed E-state index contributed by atoms with van der Waals surface area (Å²) in [6, 6.07) is 7.18. The molecule has 1 heterocycles. The van der Waals surface area contributed by atoms with Crippen LogP contribution in [0.5, 0.6) is 0 Å². The highest BCUT2D eigenvalue weighted by molar-refractivity contribution is 6.30. The van der Waals surface area contributed by atoms with Crippen molar-refractivity contribution in [2.45, 2.75) is 37.1 Å². The van der Waals surface area contributed by atoms with Crippen LogP contribution in [0.3, 0.4) is 0 Å². The Bertz CT molecular complexity index is 524. The minimum atomic E-state index is 0.427. The first-order valence-corrected chi connectivity index (χ1v) is 8.26. The number of nitrogens with zero attached hydrogens (tertiary/aromatic N) is 1. The molecular formula is C17H23ClN2. The van der Waals surface area contributed by atoms with E-state index in [1.807, 2.05) is 6.07 Å². The van der Waals surface area contributed by atoms with Crippen molar-refractivity contribution in [3.63, 3.8) is 0 Å². The van der Waals surface area contributed by atoms with Crippen molar-refractivity contribution in [2.75, 3.05) is 26.7 Å². The van der Waals surface area contributed by atoms with Crippen molar-refractivity contribution in [1.82, 2.24) is 10.2 Å². The van der Waals surface area contributed by atoms with Gasteiger partial charge in [-0.15, -0.1) is 0 Å². The van der Waals surface area contributed by atoms with Crippen molar-refractivity contribution >= 4 is 11.6 Å². The first kappa shape index (κ1) is 13.1. The largest absolute Gasteiger partial charge is 0.313 e. The molecule has 0 aromatic heterocycles. The molecule has 1 aromatic rings. The van der Waals surface area contributed by atoms with E-state index in [4.69, 9.17) is 11.6 Å². The van der Waals surface area contributed by atoms with Gasteiger partial charge in [0, 0.05) is 29.6 Å². The van der Waals surface area contributed by atoms with Gasteiger partial charge in [0.15, 0.2) is 0 Å². The molecule has 108 valence electrons. The van der Waals surface area contributed by atoms with E-state index in [2.05, 4.69) is 29.4 Å². The molecule has 1 aromatic carbocycles. The third-order valence-corrected chi connectivity index (χ3v) is 5.84. The summed E-state index contributed by atoms with van der Waals surface area (Å²) in [6.45, 7) is 3.76. The van der Waals surface area contributed by atoms with Gasteiger partial charge < -0.3 is 10.2 Å². The van der Waals surface area contributed by atoms with E-state index in [0.717, 1.165) is 10.9 Å². The third-order valence-electron chi connectivity index (χ3n) is 5.61. The van der Waals surface area contributed by atoms with Gasteiger partial charge >= 0.3 is 0 Å². The first-order chi connectivity index (χ1) is 9.67. The quantitative estimate of drug-likeness (QED) is 0.917. The molecule has 1 N–H and O–H groups in total. The van der Waals surface area contributed by atoms with E-state index in [1.54, 1.807) is 0 Å². The van der Waals surface area contributed by atoms with E-state index in [1.165, 1.54) is 56.4 Å². The molecule has 3 heteroatoms. The van der Waals surface area contributed by atoms with E-state index in [9.17, 15) is 0 Å². The highest BCUT2D eigenvalue weighted by atomic mass is 35.5. The Labute approximate surface area is 126 Å². The van der Waals surface area contributed by atoms with Crippen LogP contribution in [0.4, 0.5) is 0 Å². The summed E-state index contributed by atoms with van der Waals surface area (Å²) in [5.74, 6) is 0.924. The van der Waals surface area contributed by atoms with Crippen molar-refractivity contribution in [1.29, 1.82) is 0 Å². The minimum Gasteiger partial charge on any atom is -0.313 e. The van der Waals surface area contributed by atoms with Gasteiger partial charge in [-0.25, -0.2) is 0 Å². The summed E-state index contributed by atoms with van der Waals surface area (Å²) in [7, 11) is 2.21. The van der Waals surface area contributed by atoms with Gasteiger partial charge in [0.25, 0.3) is 0 Å². The van der Waals surface area contributed by atoms with Crippen LogP contribution < -0.4 is 5.32 Å². The average Bonchev–Trinajstić information content (AvgIpc) is 2.98. The Hall–Kier alpha value is -0.570. The van der Waals surface area contributed by atoms with Gasteiger partial charge in [-0.3, -0.25) is 0 Å². The Balaban J connectivity index is 1.35. The van der Waals surface area contributed by atoms with Crippen LogP contribution >= 0.6 is 11.6 Å². The maximum absolute atomic E-state index is 6.19. The molecule has 2 unspecified atom stereocenters. The molecule has 1 spiro atoms. The van der Waals surface area contributed by atoms with Gasteiger partial charge in [-0.05, 0) is 68.5 Å². The molecular weight excluding hydrogens is 268 g/mol. The summed E-state index contributed by atoms with van der Waals surface area (Å²) in [4.78, 5) is 2.40. The standard InChI is InChI=1S/C17H23ClN2/c1-20-10-12(11-20)5-7-19-16-9-17(16)6-4-13-2-3-14(18)8-15(13)17/h2-3,8,12,16,19H,4-7,9-11H2,1H3. The SMILES string of the molecule is CN1CC(CCNC2CC23CCc2ccc(Cl)cc23)C1. The fraction of sp³-hybridized carbons (Fsp3) is 0.647. The van der Waals surface area contributed by atoms with E-state index in [0.29, 0.717) is 11.5 Å². The van der Waals surface area contributed by atoms with Gasteiger partial charge in [-0.2, -0.15) is 0 Å². The molecule has 4 rings (SSSR count). The zero-order valence-electron chi connectivity index (χ0n) is 12.2. The summed E-state index contributed by atoms with van der Waals surface area (Å²) < 4.78 is 0. The molecule has 2 aliphatic carbocycles. The monoisotopic (exact) mass is 290 g/mol. The second-order valence-electron chi connectivity index (χ2n) is 7.04. The number of fused-ring (bicyclic) bond motifs is 2. The fourth-order valence-electron chi connectivity index (χ4n) is 4.34. The van der Waals surface area contributed by atoms with Crippen LogP contribution in [0.25, 0.3) is 0 Å². The molecule has 0 bridgehead atoms. The minimum absolute atomic E-state index is 0.427. The molecule has 2 atom stereocenters. The molecule has 1 aliphatic heterocycles. The number of aryl methyl sites for hydroxylation is 1. The lowest BCUT2D eigenvalue weighted by atomic mass is 9.96. The van der Waals surface area contributed by atoms with Crippen LogP contribution in [-0.2, 0) is 11.8 Å². The van der Waals surface area contributed by atoms with Crippen LogP contribution in [0.2, 0.25) is 5.02 Å².